The quantitative estimate of drug-likeness (QED) is 0.702. The van der Waals surface area contributed by atoms with Gasteiger partial charge in [-0.2, -0.15) is 0 Å². The van der Waals surface area contributed by atoms with E-state index in [9.17, 15) is 9.59 Å². The van der Waals surface area contributed by atoms with Crippen LogP contribution in [-0.4, -0.2) is 36.9 Å². The summed E-state index contributed by atoms with van der Waals surface area (Å²) in [7, 11) is 1.58. The van der Waals surface area contributed by atoms with E-state index in [1.807, 2.05) is 0 Å². The number of amides is 2. The number of piperidine rings is 1. The van der Waals surface area contributed by atoms with Gasteiger partial charge in [0, 0.05) is 18.1 Å². The molecule has 6 heteroatoms. The molecule has 29 heavy (non-hydrogen) atoms. The number of methoxy groups -OCH3 is 1. The van der Waals surface area contributed by atoms with E-state index in [-0.39, 0.29) is 11.8 Å². The Morgan fingerprint density at radius 2 is 1.55 bits per heavy atom. The molecule has 0 spiro atoms. The molecule has 2 amide bonds. The van der Waals surface area contributed by atoms with Gasteiger partial charge in [0.05, 0.1) is 18.4 Å². The minimum atomic E-state index is -0.309. The van der Waals surface area contributed by atoms with Crippen LogP contribution in [0.25, 0.3) is 5.57 Å². The van der Waals surface area contributed by atoms with Gasteiger partial charge in [0.2, 0.25) is 0 Å². The molecule has 150 valence electrons. The fourth-order valence-corrected chi connectivity index (χ4v) is 4.01. The van der Waals surface area contributed by atoms with Crippen LogP contribution in [0.3, 0.4) is 0 Å². The average molecular weight is 411 g/mol. The van der Waals surface area contributed by atoms with Gasteiger partial charge in [0.25, 0.3) is 11.8 Å². The maximum Gasteiger partial charge on any atom is 0.282 e. The molecule has 0 bridgehead atoms. The van der Waals surface area contributed by atoms with Crippen molar-refractivity contribution in [2.45, 2.75) is 19.8 Å². The molecule has 1 fully saturated rings. The number of hydrogen-bond acceptors (Lipinski definition) is 4. The Hall–Kier alpha value is -2.79. The maximum atomic E-state index is 13.5. The second kappa shape index (κ2) is 7.91. The maximum absolute atomic E-state index is 13.5. The largest absolute Gasteiger partial charge is 0.497 e. The predicted molar refractivity (Wildman–Crippen MR) is 114 cm³/mol. The van der Waals surface area contributed by atoms with Gasteiger partial charge in [-0.15, -0.1) is 0 Å². The monoisotopic (exact) mass is 410 g/mol. The van der Waals surface area contributed by atoms with Crippen molar-refractivity contribution in [3.8, 4) is 5.75 Å². The van der Waals surface area contributed by atoms with Crippen molar-refractivity contribution in [2.24, 2.45) is 5.92 Å². The van der Waals surface area contributed by atoms with Gasteiger partial charge >= 0.3 is 0 Å². The lowest BCUT2D eigenvalue weighted by atomic mass is 9.97. The molecule has 2 heterocycles. The molecular formula is C23H23ClN2O3. The van der Waals surface area contributed by atoms with Crippen molar-refractivity contribution in [1.82, 2.24) is 4.90 Å². The van der Waals surface area contributed by atoms with E-state index in [0.717, 1.165) is 25.9 Å². The Morgan fingerprint density at radius 3 is 2.14 bits per heavy atom. The van der Waals surface area contributed by atoms with Crippen molar-refractivity contribution in [3.63, 3.8) is 0 Å². The first-order chi connectivity index (χ1) is 14.0. The highest BCUT2D eigenvalue weighted by atomic mass is 35.5. The molecule has 0 unspecified atom stereocenters. The summed E-state index contributed by atoms with van der Waals surface area (Å²) in [5.74, 6) is 0.704. The summed E-state index contributed by atoms with van der Waals surface area (Å²) in [5, 5.41) is 0.589. The summed E-state index contributed by atoms with van der Waals surface area (Å²) in [4.78, 5) is 30.2. The Labute approximate surface area is 175 Å². The van der Waals surface area contributed by atoms with Crippen LogP contribution in [0.2, 0.25) is 5.02 Å². The lowest BCUT2D eigenvalue weighted by Crippen LogP contribution is -2.38. The lowest BCUT2D eigenvalue weighted by Gasteiger charge is -2.32. The fraction of sp³-hybridized carbons (Fsp3) is 0.304. The van der Waals surface area contributed by atoms with Crippen LogP contribution in [-0.2, 0) is 9.59 Å². The minimum absolute atomic E-state index is 0.278. The molecular weight excluding hydrogens is 388 g/mol. The zero-order valence-corrected chi connectivity index (χ0v) is 17.3. The summed E-state index contributed by atoms with van der Waals surface area (Å²) in [5.41, 5.74) is 2.17. The first-order valence-electron chi connectivity index (χ1n) is 9.77. The van der Waals surface area contributed by atoms with E-state index in [4.69, 9.17) is 16.3 Å². The zero-order chi connectivity index (χ0) is 20.5. The molecule has 0 radical (unpaired) electrons. The highest BCUT2D eigenvalue weighted by Gasteiger charge is 2.42. The van der Waals surface area contributed by atoms with Crippen LogP contribution >= 0.6 is 11.6 Å². The number of halogens is 1. The summed E-state index contributed by atoms with van der Waals surface area (Å²) < 4.78 is 5.19. The molecule has 2 aliphatic heterocycles. The van der Waals surface area contributed by atoms with Gasteiger partial charge < -0.3 is 9.64 Å². The number of ether oxygens (including phenoxy) is 1. The standard InChI is InChI=1S/C23H23ClN2O3/c1-15-11-13-25(14-12-15)21-20(16-3-5-17(24)6-4-16)22(27)26(23(21)28)18-7-9-19(29-2)10-8-18/h3-10,15H,11-14H2,1-2H3. The van der Waals surface area contributed by atoms with Crippen molar-refractivity contribution in [1.29, 1.82) is 0 Å². The number of carbonyl (C=O) groups excluding carboxylic acids is 2. The predicted octanol–water partition coefficient (Wildman–Crippen LogP) is 4.37. The van der Waals surface area contributed by atoms with Crippen LogP contribution < -0.4 is 9.64 Å². The number of likely N-dealkylation sites (tertiary alicyclic amines) is 1. The molecule has 1 saturated heterocycles. The molecule has 0 aliphatic carbocycles. The Bertz CT molecular complexity index is 959. The van der Waals surface area contributed by atoms with Crippen molar-refractivity contribution < 1.29 is 14.3 Å². The van der Waals surface area contributed by atoms with E-state index in [1.165, 1.54) is 4.90 Å². The molecule has 2 aliphatic rings. The summed E-state index contributed by atoms with van der Waals surface area (Å²) in [6.07, 6.45) is 2.00. The van der Waals surface area contributed by atoms with E-state index >= 15 is 0 Å². The topological polar surface area (TPSA) is 49.9 Å². The molecule has 0 aromatic heterocycles. The van der Waals surface area contributed by atoms with Gasteiger partial charge in [-0.25, -0.2) is 4.90 Å². The zero-order valence-electron chi connectivity index (χ0n) is 16.5. The Balaban J connectivity index is 1.77. The summed E-state index contributed by atoms with van der Waals surface area (Å²) in [6, 6.07) is 14.0. The molecule has 2 aromatic carbocycles. The number of benzene rings is 2. The second-order valence-corrected chi connectivity index (χ2v) is 7.98. The van der Waals surface area contributed by atoms with Gasteiger partial charge in [-0.05, 0) is 60.7 Å². The van der Waals surface area contributed by atoms with E-state index in [2.05, 4.69) is 11.8 Å². The van der Waals surface area contributed by atoms with Crippen LogP contribution in [0.4, 0.5) is 5.69 Å². The SMILES string of the molecule is COc1ccc(N2C(=O)C(c3ccc(Cl)cc3)=C(N3CCC(C)CC3)C2=O)cc1. The number of imide groups is 1. The number of rotatable bonds is 4. The summed E-state index contributed by atoms with van der Waals surface area (Å²) >= 11 is 6.04. The minimum Gasteiger partial charge on any atom is -0.497 e. The van der Waals surface area contributed by atoms with E-state index < -0.39 is 0 Å². The van der Waals surface area contributed by atoms with Crippen LogP contribution in [0.5, 0.6) is 5.75 Å². The third kappa shape index (κ3) is 3.62. The highest BCUT2D eigenvalue weighted by molar-refractivity contribution is 6.45. The van der Waals surface area contributed by atoms with Crippen LogP contribution in [0.1, 0.15) is 25.3 Å². The van der Waals surface area contributed by atoms with Gasteiger partial charge in [0.1, 0.15) is 11.4 Å². The number of anilines is 1. The first kappa shape index (κ1) is 19.5. The summed E-state index contributed by atoms with van der Waals surface area (Å²) in [6.45, 7) is 3.75. The Morgan fingerprint density at radius 1 is 0.931 bits per heavy atom. The van der Waals surface area contributed by atoms with Crippen molar-refractivity contribution in [2.75, 3.05) is 25.1 Å². The van der Waals surface area contributed by atoms with E-state index in [1.54, 1.807) is 55.6 Å². The number of carbonyl (C=O) groups is 2. The fourth-order valence-electron chi connectivity index (χ4n) is 3.89. The van der Waals surface area contributed by atoms with Gasteiger partial charge in [-0.1, -0.05) is 30.7 Å². The highest BCUT2D eigenvalue weighted by Crippen LogP contribution is 2.37. The van der Waals surface area contributed by atoms with E-state index in [0.29, 0.717) is 39.2 Å². The molecule has 0 saturated carbocycles. The first-order valence-corrected chi connectivity index (χ1v) is 10.2. The molecule has 5 nitrogen and oxygen atoms in total. The van der Waals surface area contributed by atoms with Gasteiger partial charge in [-0.3, -0.25) is 9.59 Å². The smallest absolute Gasteiger partial charge is 0.282 e. The third-order valence-corrected chi connectivity index (χ3v) is 5.87. The molecule has 4 rings (SSSR count). The van der Waals surface area contributed by atoms with Crippen LogP contribution in [0, 0.1) is 5.92 Å². The Kier molecular flexibility index (Phi) is 5.33. The van der Waals surface area contributed by atoms with Gasteiger partial charge in [0.15, 0.2) is 0 Å². The average Bonchev–Trinajstić information content (AvgIpc) is 2.99. The molecule has 0 N–H and O–H groups in total. The second-order valence-electron chi connectivity index (χ2n) is 7.54. The third-order valence-electron chi connectivity index (χ3n) is 5.62. The lowest BCUT2D eigenvalue weighted by molar-refractivity contribution is -0.120. The van der Waals surface area contributed by atoms with Crippen molar-refractivity contribution >= 4 is 34.7 Å². The molecule has 2 aromatic rings. The van der Waals surface area contributed by atoms with Crippen LogP contribution in [0.15, 0.2) is 54.2 Å². The molecule has 0 atom stereocenters. The number of nitrogens with zero attached hydrogens (tertiary/aromatic N) is 2. The van der Waals surface area contributed by atoms with Crippen molar-refractivity contribution in [3.05, 3.63) is 64.8 Å². The normalized spacial score (nSPS) is 18.0. The number of hydrogen-bond donors (Lipinski definition) is 0.